The molecule has 0 spiro atoms. The van der Waals surface area contributed by atoms with E-state index < -0.39 is 0 Å². The van der Waals surface area contributed by atoms with Gasteiger partial charge in [-0.2, -0.15) is 0 Å². The summed E-state index contributed by atoms with van der Waals surface area (Å²) in [7, 11) is 0. The Kier molecular flexibility index (Phi) is 3.36. The molecular formula is C13H24N4O. The van der Waals surface area contributed by atoms with E-state index in [2.05, 4.69) is 42.9 Å². The van der Waals surface area contributed by atoms with Crippen molar-refractivity contribution in [2.75, 3.05) is 13.1 Å². The number of aliphatic imine (C=N–C) groups is 1. The van der Waals surface area contributed by atoms with Gasteiger partial charge >= 0.3 is 0 Å². The summed E-state index contributed by atoms with van der Waals surface area (Å²) in [5.41, 5.74) is 5.50. The number of likely N-dealkylation sites (tertiary alicyclic amines) is 1. The summed E-state index contributed by atoms with van der Waals surface area (Å²) < 4.78 is 0. The summed E-state index contributed by atoms with van der Waals surface area (Å²) in [5, 5.41) is 3.33. The van der Waals surface area contributed by atoms with Crippen molar-refractivity contribution in [1.82, 2.24) is 10.2 Å². The summed E-state index contributed by atoms with van der Waals surface area (Å²) in [5.74, 6) is 1.13. The predicted molar refractivity (Wildman–Crippen MR) is 72.4 cm³/mol. The van der Waals surface area contributed by atoms with E-state index in [1.54, 1.807) is 0 Å². The third kappa shape index (κ3) is 2.23. The number of nitrogens with two attached hydrogens (primary N) is 1. The number of carbonyl (C=O) groups is 1. The number of amidine groups is 1. The zero-order valence-electron chi connectivity index (χ0n) is 11.7. The van der Waals surface area contributed by atoms with Crippen molar-refractivity contribution in [3.05, 3.63) is 0 Å². The van der Waals surface area contributed by atoms with Crippen LogP contribution in [0.4, 0.5) is 0 Å². The molecule has 2 heterocycles. The van der Waals surface area contributed by atoms with E-state index in [0.717, 1.165) is 25.3 Å². The predicted octanol–water partition coefficient (Wildman–Crippen LogP) is 0.351. The Balaban J connectivity index is 2.25. The van der Waals surface area contributed by atoms with Gasteiger partial charge in [-0.15, -0.1) is 0 Å². The van der Waals surface area contributed by atoms with E-state index in [9.17, 15) is 4.79 Å². The zero-order valence-corrected chi connectivity index (χ0v) is 11.7. The van der Waals surface area contributed by atoms with Gasteiger partial charge < -0.3 is 11.1 Å². The monoisotopic (exact) mass is 252 g/mol. The Morgan fingerprint density at radius 2 is 2.17 bits per heavy atom. The van der Waals surface area contributed by atoms with Crippen LogP contribution in [0.25, 0.3) is 0 Å². The number of primary amides is 1. The van der Waals surface area contributed by atoms with Crippen LogP contribution in [0.3, 0.4) is 0 Å². The molecule has 2 aliphatic heterocycles. The molecule has 0 aliphatic carbocycles. The molecule has 0 unspecified atom stereocenters. The highest BCUT2D eigenvalue weighted by atomic mass is 16.1. The second-order valence-electron chi connectivity index (χ2n) is 6.27. The van der Waals surface area contributed by atoms with Crippen molar-refractivity contribution in [3.8, 4) is 0 Å². The maximum Gasteiger partial charge on any atom is 0.234 e. The smallest absolute Gasteiger partial charge is 0.234 e. The maximum atomic E-state index is 11.7. The zero-order chi connectivity index (χ0) is 13.5. The van der Waals surface area contributed by atoms with Gasteiger partial charge in [-0.25, -0.2) is 0 Å². The topological polar surface area (TPSA) is 70.7 Å². The van der Waals surface area contributed by atoms with Gasteiger partial charge in [0.15, 0.2) is 0 Å². The summed E-state index contributed by atoms with van der Waals surface area (Å²) in [6, 6.07) is 0.0990. The van der Waals surface area contributed by atoms with Gasteiger partial charge in [0.1, 0.15) is 5.84 Å². The van der Waals surface area contributed by atoms with Gasteiger partial charge in [-0.05, 0) is 34.1 Å². The standard InChI is InChI=1S/C13H24N4O/c1-8-9(12-15-5-6-16-12)7-10(11(14)18)17(8)13(2,3)4/h8-10H,5-7H2,1-4H3,(H2,14,18)(H,15,16)/t8-,9+,10+/m1/s1. The van der Waals surface area contributed by atoms with E-state index in [-0.39, 0.29) is 23.5 Å². The lowest BCUT2D eigenvalue weighted by molar-refractivity contribution is -0.124. The van der Waals surface area contributed by atoms with Gasteiger partial charge in [0.25, 0.3) is 0 Å². The fourth-order valence-corrected chi connectivity index (χ4v) is 3.37. The van der Waals surface area contributed by atoms with Crippen molar-refractivity contribution in [2.45, 2.75) is 51.7 Å². The summed E-state index contributed by atoms with van der Waals surface area (Å²) in [6.45, 7) is 10.3. The van der Waals surface area contributed by atoms with E-state index in [1.165, 1.54) is 0 Å². The SMILES string of the molecule is C[C@@H]1[C@@H](C2=NCCN2)C[C@@H](C(N)=O)N1C(C)(C)C. The molecule has 0 bridgehead atoms. The lowest BCUT2D eigenvalue weighted by Crippen LogP contribution is -2.53. The number of carbonyl (C=O) groups excluding carboxylic acids is 1. The minimum Gasteiger partial charge on any atom is -0.372 e. The minimum absolute atomic E-state index is 0.0625. The number of hydrogen-bond acceptors (Lipinski definition) is 4. The van der Waals surface area contributed by atoms with E-state index in [1.807, 2.05) is 0 Å². The Labute approximate surface area is 109 Å². The van der Waals surface area contributed by atoms with Crippen molar-refractivity contribution in [1.29, 1.82) is 0 Å². The van der Waals surface area contributed by atoms with Crippen LogP contribution in [0.1, 0.15) is 34.1 Å². The van der Waals surface area contributed by atoms with Crippen LogP contribution in [0, 0.1) is 5.92 Å². The molecule has 2 rings (SSSR count). The molecule has 0 aromatic heterocycles. The van der Waals surface area contributed by atoms with Crippen molar-refractivity contribution in [2.24, 2.45) is 16.6 Å². The molecule has 102 valence electrons. The normalized spacial score (nSPS) is 33.3. The first-order valence-electron chi connectivity index (χ1n) is 6.68. The molecule has 5 heteroatoms. The quantitative estimate of drug-likeness (QED) is 0.745. The second kappa shape index (κ2) is 4.53. The highest BCUT2D eigenvalue weighted by molar-refractivity contribution is 5.89. The molecule has 1 amide bonds. The van der Waals surface area contributed by atoms with Crippen molar-refractivity contribution in [3.63, 3.8) is 0 Å². The first-order chi connectivity index (χ1) is 8.32. The third-order valence-corrected chi connectivity index (χ3v) is 3.99. The van der Waals surface area contributed by atoms with Gasteiger partial charge in [0.05, 0.1) is 12.6 Å². The first kappa shape index (κ1) is 13.3. The molecular weight excluding hydrogens is 228 g/mol. The fraction of sp³-hybridized carbons (Fsp3) is 0.846. The molecule has 0 radical (unpaired) electrons. The van der Waals surface area contributed by atoms with Crippen LogP contribution in [-0.2, 0) is 4.79 Å². The molecule has 0 aromatic carbocycles. The summed E-state index contributed by atoms with van der Waals surface area (Å²) >= 11 is 0. The summed E-state index contributed by atoms with van der Waals surface area (Å²) in [6.07, 6.45) is 0.777. The third-order valence-electron chi connectivity index (χ3n) is 3.99. The summed E-state index contributed by atoms with van der Waals surface area (Å²) in [4.78, 5) is 18.4. The van der Waals surface area contributed by atoms with Gasteiger partial charge in [-0.3, -0.25) is 14.7 Å². The molecule has 0 saturated carbocycles. The number of amides is 1. The molecule has 18 heavy (non-hydrogen) atoms. The number of hydrogen-bond donors (Lipinski definition) is 2. The van der Waals surface area contributed by atoms with Crippen LogP contribution >= 0.6 is 0 Å². The van der Waals surface area contributed by atoms with E-state index in [0.29, 0.717) is 5.92 Å². The maximum absolute atomic E-state index is 11.7. The highest BCUT2D eigenvalue weighted by Gasteiger charge is 2.47. The Bertz CT molecular complexity index is 372. The molecule has 3 N–H and O–H groups in total. The minimum atomic E-state index is -0.224. The molecule has 2 aliphatic rings. The van der Waals surface area contributed by atoms with E-state index >= 15 is 0 Å². The Morgan fingerprint density at radius 3 is 2.56 bits per heavy atom. The molecule has 5 nitrogen and oxygen atoms in total. The van der Waals surface area contributed by atoms with Crippen molar-refractivity contribution < 1.29 is 4.79 Å². The van der Waals surface area contributed by atoms with Crippen molar-refractivity contribution >= 4 is 11.7 Å². The molecule has 3 atom stereocenters. The van der Waals surface area contributed by atoms with Gasteiger partial charge in [0, 0.05) is 24.0 Å². The molecule has 1 saturated heterocycles. The average Bonchev–Trinajstić information content (AvgIpc) is 2.81. The van der Waals surface area contributed by atoms with Crippen LogP contribution in [0.15, 0.2) is 4.99 Å². The molecule has 1 fully saturated rings. The Hall–Kier alpha value is -1.10. The number of nitrogens with zero attached hydrogens (tertiary/aromatic N) is 2. The van der Waals surface area contributed by atoms with Crippen LogP contribution in [0.5, 0.6) is 0 Å². The number of rotatable bonds is 2. The second-order valence-corrected chi connectivity index (χ2v) is 6.27. The highest BCUT2D eigenvalue weighted by Crippen LogP contribution is 2.36. The lowest BCUT2D eigenvalue weighted by atomic mass is 9.98. The molecule has 0 aromatic rings. The number of nitrogens with one attached hydrogen (secondary N) is 1. The van der Waals surface area contributed by atoms with Gasteiger partial charge in [-0.1, -0.05) is 0 Å². The van der Waals surface area contributed by atoms with E-state index in [4.69, 9.17) is 5.73 Å². The largest absolute Gasteiger partial charge is 0.372 e. The van der Waals surface area contributed by atoms with Gasteiger partial charge in [0.2, 0.25) is 5.91 Å². The fourth-order valence-electron chi connectivity index (χ4n) is 3.37. The van der Waals surface area contributed by atoms with Crippen LogP contribution in [0.2, 0.25) is 0 Å². The Morgan fingerprint density at radius 1 is 1.50 bits per heavy atom. The first-order valence-corrected chi connectivity index (χ1v) is 6.68. The van der Waals surface area contributed by atoms with Crippen LogP contribution < -0.4 is 11.1 Å². The van der Waals surface area contributed by atoms with Crippen LogP contribution in [-0.4, -0.2) is 47.4 Å². The lowest BCUT2D eigenvalue weighted by Gasteiger charge is -2.39. The average molecular weight is 252 g/mol.